The molecule has 1 aliphatic heterocycles. The molecular formula is C20H27N3O3. The van der Waals surface area contributed by atoms with Crippen LogP contribution in [0.4, 0.5) is 0 Å². The van der Waals surface area contributed by atoms with E-state index in [1.807, 2.05) is 30.3 Å². The first-order valence-corrected chi connectivity index (χ1v) is 9.28. The maximum atomic E-state index is 10.3. The van der Waals surface area contributed by atoms with Crippen molar-refractivity contribution < 1.29 is 14.9 Å². The van der Waals surface area contributed by atoms with Crippen LogP contribution in [0.15, 0.2) is 42.6 Å². The number of aliphatic hydroxyl groups is 2. The normalized spacial score (nSPS) is 23.0. The number of aryl methyl sites for hydroxylation is 1. The molecule has 2 N–H and O–H groups in total. The highest BCUT2D eigenvalue weighted by Gasteiger charge is 2.19. The quantitative estimate of drug-likeness (QED) is 0.853. The highest BCUT2D eigenvalue weighted by atomic mass is 16.5. The van der Waals surface area contributed by atoms with Gasteiger partial charge in [0.05, 0.1) is 11.8 Å². The Kier molecular flexibility index (Phi) is 6.94. The fraction of sp³-hybridized carbons (Fsp3) is 0.500. The van der Waals surface area contributed by atoms with E-state index >= 15 is 0 Å². The maximum absolute atomic E-state index is 10.3. The van der Waals surface area contributed by atoms with Crippen LogP contribution in [0.3, 0.4) is 0 Å². The Bertz CT molecular complexity index is 668. The first-order valence-electron chi connectivity index (χ1n) is 9.28. The Labute approximate surface area is 154 Å². The van der Waals surface area contributed by atoms with Crippen LogP contribution in [0, 0.1) is 0 Å². The fourth-order valence-electron chi connectivity index (χ4n) is 3.10. The van der Waals surface area contributed by atoms with Gasteiger partial charge in [-0.05, 0) is 50.4 Å². The minimum Gasteiger partial charge on any atom is -0.475 e. The van der Waals surface area contributed by atoms with E-state index in [0.717, 1.165) is 43.7 Å². The summed E-state index contributed by atoms with van der Waals surface area (Å²) in [7, 11) is 0. The molecule has 6 heteroatoms. The summed E-state index contributed by atoms with van der Waals surface area (Å²) in [4.78, 5) is 11.2. The van der Waals surface area contributed by atoms with Gasteiger partial charge in [0.2, 0.25) is 5.88 Å². The van der Waals surface area contributed by atoms with Gasteiger partial charge in [-0.15, -0.1) is 0 Å². The highest BCUT2D eigenvalue weighted by molar-refractivity contribution is 5.16. The fourth-order valence-corrected chi connectivity index (χ4v) is 3.10. The van der Waals surface area contributed by atoms with Crippen LogP contribution in [0.25, 0.3) is 0 Å². The number of aliphatic hydroxyl groups excluding tert-OH is 2. The van der Waals surface area contributed by atoms with Crippen LogP contribution < -0.4 is 4.74 Å². The molecule has 0 saturated heterocycles. The largest absolute Gasteiger partial charge is 0.475 e. The lowest BCUT2D eigenvalue weighted by Crippen LogP contribution is -2.36. The van der Waals surface area contributed by atoms with E-state index in [9.17, 15) is 10.2 Å². The molecule has 0 aliphatic carbocycles. The molecule has 2 aromatic rings. The summed E-state index contributed by atoms with van der Waals surface area (Å²) in [5.74, 6) is 0.502. The Hall–Kier alpha value is -2.02. The Morgan fingerprint density at radius 2 is 1.96 bits per heavy atom. The molecule has 1 aliphatic rings. The molecule has 0 aromatic carbocycles. The number of pyridine rings is 2. The van der Waals surface area contributed by atoms with Crippen LogP contribution in [0.2, 0.25) is 0 Å². The summed E-state index contributed by atoms with van der Waals surface area (Å²) >= 11 is 0. The van der Waals surface area contributed by atoms with Gasteiger partial charge in [0, 0.05) is 31.0 Å². The van der Waals surface area contributed by atoms with Crippen molar-refractivity contribution in [2.45, 2.75) is 44.4 Å². The van der Waals surface area contributed by atoms with Gasteiger partial charge in [0.15, 0.2) is 0 Å². The van der Waals surface area contributed by atoms with Crippen molar-refractivity contribution in [1.29, 1.82) is 0 Å². The van der Waals surface area contributed by atoms with Crippen molar-refractivity contribution >= 4 is 0 Å². The Morgan fingerprint density at radius 1 is 1.04 bits per heavy atom. The lowest BCUT2D eigenvalue weighted by molar-refractivity contribution is -0.0170. The molecule has 140 valence electrons. The Morgan fingerprint density at radius 3 is 2.81 bits per heavy atom. The molecule has 0 unspecified atom stereocenters. The molecule has 0 radical (unpaired) electrons. The van der Waals surface area contributed by atoms with Gasteiger partial charge >= 0.3 is 0 Å². The van der Waals surface area contributed by atoms with Crippen molar-refractivity contribution in [3.8, 4) is 5.88 Å². The van der Waals surface area contributed by atoms with Gasteiger partial charge in [-0.1, -0.05) is 12.1 Å². The van der Waals surface area contributed by atoms with Crippen molar-refractivity contribution in [3.63, 3.8) is 0 Å². The van der Waals surface area contributed by atoms with Crippen molar-refractivity contribution in [2.24, 2.45) is 0 Å². The van der Waals surface area contributed by atoms with Crippen LogP contribution in [0.1, 0.15) is 30.7 Å². The van der Waals surface area contributed by atoms with Crippen molar-refractivity contribution in [2.75, 3.05) is 19.7 Å². The number of rotatable bonds is 2. The van der Waals surface area contributed by atoms with E-state index < -0.39 is 12.2 Å². The molecule has 0 amide bonds. The average molecular weight is 357 g/mol. The third-order valence-corrected chi connectivity index (χ3v) is 4.64. The summed E-state index contributed by atoms with van der Waals surface area (Å²) in [5, 5.41) is 20.4. The van der Waals surface area contributed by atoms with E-state index in [2.05, 4.69) is 14.9 Å². The summed E-state index contributed by atoms with van der Waals surface area (Å²) in [5.41, 5.74) is 2.01. The molecule has 26 heavy (non-hydrogen) atoms. The number of fused-ring (bicyclic) bond motifs is 2. The summed E-state index contributed by atoms with van der Waals surface area (Å²) < 4.78 is 5.55. The van der Waals surface area contributed by atoms with Gasteiger partial charge in [0.1, 0.15) is 12.7 Å². The molecule has 2 atom stereocenters. The second-order valence-electron chi connectivity index (χ2n) is 6.76. The molecule has 2 aromatic heterocycles. The lowest BCUT2D eigenvalue weighted by atomic mass is 10.1. The number of ether oxygens (including phenoxy) is 1. The van der Waals surface area contributed by atoms with Crippen LogP contribution >= 0.6 is 0 Å². The molecule has 6 nitrogen and oxygen atoms in total. The van der Waals surface area contributed by atoms with Gasteiger partial charge in [0.25, 0.3) is 0 Å². The second-order valence-corrected chi connectivity index (χ2v) is 6.76. The highest BCUT2D eigenvalue weighted by Crippen LogP contribution is 2.14. The van der Waals surface area contributed by atoms with Gasteiger partial charge in [-0.3, -0.25) is 9.88 Å². The van der Waals surface area contributed by atoms with Gasteiger partial charge < -0.3 is 14.9 Å². The maximum Gasteiger partial charge on any atom is 0.213 e. The van der Waals surface area contributed by atoms with Crippen LogP contribution in [-0.2, 0) is 13.0 Å². The molecule has 0 saturated carbocycles. The predicted molar refractivity (Wildman–Crippen MR) is 98.8 cm³/mol. The van der Waals surface area contributed by atoms with E-state index in [-0.39, 0.29) is 6.61 Å². The summed E-state index contributed by atoms with van der Waals surface area (Å²) in [6.07, 6.45) is 3.52. The molecule has 3 heterocycles. The number of nitrogens with zero attached hydrogens (tertiary/aromatic N) is 3. The van der Waals surface area contributed by atoms with E-state index in [4.69, 9.17) is 4.74 Å². The van der Waals surface area contributed by atoms with Crippen LogP contribution in [-0.4, -0.2) is 57.0 Å². The minimum atomic E-state index is -0.930. The monoisotopic (exact) mass is 357 g/mol. The van der Waals surface area contributed by atoms with Crippen LogP contribution in [0.5, 0.6) is 5.88 Å². The van der Waals surface area contributed by atoms with E-state index in [1.165, 1.54) is 0 Å². The molecule has 0 fully saturated rings. The van der Waals surface area contributed by atoms with Crippen molar-refractivity contribution in [1.82, 2.24) is 14.9 Å². The predicted octanol–water partition coefficient (Wildman–Crippen LogP) is 1.81. The Balaban J connectivity index is 1.66. The van der Waals surface area contributed by atoms with E-state index in [1.54, 1.807) is 12.3 Å². The smallest absolute Gasteiger partial charge is 0.213 e. The zero-order valence-electron chi connectivity index (χ0n) is 15.0. The SMILES string of the molecule is O[C@@H]1COc2cccc(n2)CCCCN(Cc2ccccn2)CC[C@@H]1O. The first kappa shape index (κ1) is 18.8. The number of hydrogen-bond donors (Lipinski definition) is 2. The second kappa shape index (κ2) is 9.62. The summed E-state index contributed by atoms with van der Waals surface area (Å²) in [6.45, 7) is 2.42. The van der Waals surface area contributed by atoms with Gasteiger partial charge in [-0.25, -0.2) is 4.98 Å². The zero-order valence-corrected chi connectivity index (χ0v) is 15.0. The third-order valence-electron chi connectivity index (χ3n) is 4.64. The van der Waals surface area contributed by atoms with E-state index in [0.29, 0.717) is 18.8 Å². The average Bonchev–Trinajstić information content (AvgIpc) is 2.67. The standard InChI is InChI=1S/C20H27N3O3/c24-18-10-13-23(14-17-7-1-3-11-21-17)12-4-2-6-16-8-5-9-20(22-16)26-15-19(18)25/h1,3,5,7-9,11,18-19,24-25H,2,4,6,10,12-15H2/t18-,19+/m0/s1. The third kappa shape index (κ3) is 5.76. The lowest BCUT2D eigenvalue weighted by Gasteiger charge is -2.25. The minimum absolute atomic E-state index is 0.0395. The molecule has 2 bridgehead atoms. The molecule has 0 spiro atoms. The van der Waals surface area contributed by atoms with Gasteiger partial charge in [-0.2, -0.15) is 0 Å². The number of aromatic nitrogens is 2. The molecule has 3 rings (SSSR count). The van der Waals surface area contributed by atoms with Crippen molar-refractivity contribution in [3.05, 3.63) is 54.0 Å². The topological polar surface area (TPSA) is 78.7 Å². The zero-order chi connectivity index (χ0) is 18.2. The number of hydrogen-bond acceptors (Lipinski definition) is 6. The summed E-state index contributed by atoms with van der Waals surface area (Å²) in [6, 6.07) is 11.6. The molecular weight excluding hydrogens is 330 g/mol. The first-order chi connectivity index (χ1) is 12.7.